The van der Waals surface area contributed by atoms with Crippen LogP contribution in [0.15, 0.2) is 25.1 Å². The number of halogens is 1. The second-order valence-corrected chi connectivity index (χ2v) is 8.83. The van der Waals surface area contributed by atoms with E-state index in [0.29, 0.717) is 18.6 Å². The van der Waals surface area contributed by atoms with Gasteiger partial charge >= 0.3 is 0 Å². The van der Waals surface area contributed by atoms with E-state index >= 15 is 0 Å². The van der Waals surface area contributed by atoms with Crippen molar-refractivity contribution in [1.29, 1.82) is 0 Å². The van der Waals surface area contributed by atoms with Crippen LogP contribution in [0.1, 0.15) is 77.0 Å². The van der Waals surface area contributed by atoms with Gasteiger partial charge in [-0.25, -0.2) is 4.39 Å². The Morgan fingerprint density at radius 1 is 0.720 bits per heavy atom. The first kappa shape index (κ1) is 19.1. The van der Waals surface area contributed by atoms with Crippen LogP contribution in [-0.4, -0.2) is 12.7 Å². The highest BCUT2D eigenvalue weighted by molar-refractivity contribution is 4.90. The van der Waals surface area contributed by atoms with Crippen molar-refractivity contribution in [1.82, 2.24) is 0 Å². The van der Waals surface area contributed by atoms with Crippen LogP contribution in [-0.2, 0) is 4.74 Å². The molecule has 0 spiro atoms. The third-order valence-electron chi connectivity index (χ3n) is 7.48. The number of ether oxygens (including phenoxy) is 1. The predicted molar refractivity (Wildman–Crippen MR) is 103 cm³/mol. The summed E-state index contributed by atoms with van der Waals surface area (Å²) in [4.78, 5) is 0. The third kappa shape index (κ3) is 5.42. The molecule has 0 radical (unpaired) electrons. The first-order chi connectivity index (χ1) is 12.3. The first-order valence-electron chi connectivity index (χ1n) is 10.8. The minimum absolute atomic E-state index is 0.485. The van der Waals surface area contributed by atoms with Gasteiger partial charge in [0.1, 0.15) is 0 Å². The van der Waals surface area contributed by atoms with Crippen molar-refractivity contribution >= 4 is 0 Å². The zero-order valence-electron chi connectivity index (χ0n) is 15.9. The Kier molecular flexibility index (Phi) is 7.58. The summed E-state index contributed by atoms with van der Waals surface area (Å²) in [6, 6.07) is 0. The maximum atomic E-state index is 12.3. The zero-order valence-corrected chi connectivity index (χ0v) is 15.9. The Morgan fingerprint density at radius 2 is 1.16 bits per heavy atom. The van der Waals surface area contributed by atoms with Crippen LogP contribution in [0.4, 0.5) is 4.39 Å². The lowest BCUT2D eigenvalue weighted by Gasteiger charge is -2.41. The molecule has 3 aliphatic rings. The molecule has 0 aliphatic heterocycles. The van der Waals surface area contributed by atoms with Crippen LogP contribution in [0.2, 0.25) is 0 Å². The van der Waals surface area contributed by atoms with E-state index in [9.17, 15) is 4.39 Å². The van der Waals surface area contributed by atoms with Gasteiger partial charge in [0.25, 0.3) is 0 Å². The van der Waals surface area contributed by atoms with E-state index in [-0.39, 0.29) is 0 Å². The summed E-state index contributed by atoms with van der Waals surface area (Å²) in [6.45, 7) is 4.46. The van der Waals surface area contributed by atoms with Gasteiger partial charge in [0.15, 0.2) is 0 Å². The molecule has 0 saturated heterocycles. The molecule has 3 saturated carbocycles. The van der Waals surface area contributed by atoms with Gasteiger partial charge in [-0.1, -0.05) is 12.2 Å². The monoisotopic (exact) mass is 348 g/mol. The summed E-state index contributed by atoms with van der Waals surface area (Å²) in [7, 11) is 0. The third-order valence-corrected chi connectivity index (χ3v) is 7.48. The molecule has 3 fully saturated rings. The van der Waals surface area contributed by atoms with Crippen LogP contribution in [0.25, 0.3) is 0 Å². The average Bonchev–Trinajstić information content (AvgIpc) is 2.68. The summed E-state index contributed by atoms with van der Waals surface area (Å²) in [6.07, 6.45) is 21.0. The highest BCUT2D eigenvalue weighted by atomic mass is 19.1. The molecule has 0 heterocycles. The fourth-order valence-corrected chi connectivity index (χ4v) is 5.93. The lowest BCUT2D eigenvalue weighted by molar-refractivity contribution is 0.0190. The molecule has 0 bridgehead atoms. The lowest BCUT2D eigenvalue weighted by Crippen LogP contribution is -2.31. The van der Waals surface area contributed by atoms with Gasteiger partial charge in [-0.3, -0.25) is 0 Å². The first-order valence-corrected chi connectivity index (χ1v) is 10.8. The molecule has 0 aromatic carbocycles. The normalized spacial score (nSPS) is 40.2. The molecule has 0 amide bonds. The van der Waals surface area contributed by atoms with E-state index in [4.69, 9.17) is 4.74 Å². The molecule has 2 heteroatoms. The van der Waals surface area contributed by atoms with Crippen molar-refractivity contribution in [2.75, 3.05) is 6.61 Å². The predicted octanol–water partition coefficient (Wildman–Crippen LogP) is 6.84. The minimum atomic E-state index is 0.485. The van der Waals surface area contributed by atoms with E-state index in [1.165, 1.54) is 77.0 Å². The van der Waals surface area contributed by atoms with E-state index in [1.807, 2.05) is 6.08 Å². The molecular formula is C23H37FO. The molecule has 3 aliphatic carbocycles. The topological polar surface area (TPSA) is 9.23 Å². The maximum absolute atomic E-state index is 12.3. The maximum Gasteiger partial charge on any atom is 0.0829 e. The van der Waals surface area contributed by atoms with Gasteiger partial charge < -0.3 is 4.74 Å². The highest BCUT2D eigenvalue weighted by Crippen LogP contribution is 2.45. The molecule has 0 atom stereocenters. The minimum Gasteiger partial charge on any atom is -0.374 e. The molecule has 0 aromatic heterocycles. The summed E-state index contributed by atoms with van der Waals surface area (Å²) >= 11 is 0. The molecular weight excluding hydrogens is 311 g/mol. The number of hydrogen-bond acceptors (Lipinski definition) is 1. The zero-order chi connectivity index (χ0) is 17.5. The van der Waals surface area contributed by atoms with E-state index in [0.717, 1.165) is 30.0 Å². The molecule has 0 aromatic rings. The van der Waals surface area contributed by atoms with Crippen molar-refractivity contribution in [3.05, 3.63) is 25.1 Å². The standard InChI is InChI=1S/C23H37FO/c1-2-17-25-23-13-11-22(12-14-23)21-9-7-20(8-10-21)19-5-3-18(4-6-19)15-16-24/h2,15-16,18-23H,1,3-14,17H2/b16-15+. The Morgan fingerprint density at radius 3 is 1.60 bits per heavy atom. The fraction of sp³-hybridized carbons (Fsp3) is 0.826. The van der Waals surface area contributed by atoms with Crippen LogP contribution < -0.4 is 0 Å². The molecule has 142 valence electrons. The van der Waals surface area contributed by atoms with E-state index in [2.05, 4.69) is 6.58 Å². The molecule has 0 N–H and O–H groups in total. The van der Waals surface area contributed by atoms with Crippen molar-refractivity contribution in [2.45, 2.75) is 83.2 Å². The van der Waals surface area contributed by atoms with E-state index in [1.54, 1.807) is 6.08 Å². The van der Waals surface area contributed by atoms with Crippen molar-refractivity contribution in [3.63, 3.8) is 0 Å². The van der Waals surface area contributed by atoms with Gasteiger partial charge in [-0.15, -0.1) is 6.58 Å². The lowest BCUT2D eigenvalue weighted by atomic mass is 9.65. The van der Waals surface area contributed by atoms with E-state index < -0.39 is 0 Å². The number of allylic oxidation sites excluding steroid dienone is 1. The highest BCUT2D eigenvalue weighted by Gasteiger charge is 2.34. The number of rotatable bonds is 6. The Balaban J connectivity index is 1.36. The Labute approximate surface area is 154 Å². The summed E-state index contributed by atoms with van der Waals surface area (Å²) in [5.41, 5.74) is 0. The Bertz CT molecular complexity index is 408. The second-order valence-electron chi connectivity index (χ2n) is 8.83. The van der Waals surface area contributed by atoms with Crippen LogP contribution in [0.5, 0.6) is 0 Å². The van der Waals surface area contributed by atoms with Gasteiger partial charge in [0.05, 0.1) is 19.0 Å². The van der Waals surface area contributed by atoms with Crippen molar-refractivity contribution in [3.8, 4) is 0 Å². The number of hydrogen-bond donors (Lipinski definition) is 0. The largest absolute Gasteiger partial charge is 0.374 e. The SMILES string of the molecule is C=CCOC1CCC(C2CCC(C3CCC(/C=C/F)CC3)CC2)CC1. The van der Waals surface area contributed by atoms with Gasteiger partial charge in [0.2, 0.25) is 0 Å². The van der Waals surface area contributed by atoms with Gasteiger partial charge in [0, 0.05) is 0 Å². The van der Waals surface area contributed by atoms with Crippen molar-refractivity contribution in [2.24, 2.45) is 29.6 Å². The fourth-order valence-electron chi connectivity index (χ4n) is 5.93. The average molecular weight is 349 g/mol. The van der Waals surface area contributed by atoms with Gasteiger partial charge in [-0.2, -0.15) is 0 Å². The molecule has 3 rings (SSSR count). The summed E-state index contributed by atoms with van der Waals surface area (Å²) in [5.74, 6) is 4.32. The molecule has 25 heavy (non-hydrogen) atoms. The molecule has 0 unspecified atom stereocenters. The Hall–Kier alpha value is -0.630. The quantitative estimate of drug-likeness (QED) is 0.477. The smallest absolute Gasteiger partial charge is 0.0829 e. The molecule has 1 nitrogen and oxygen atoms in total. The second kappa shape index (κ2) is 9.90. The van der Waals surface area contributed by atoms with Crippen LogP contribution >= 0.6 is 0 Å². The summed E-state index contributed by atoms with van der Waals surface area (Å²) in [5, 5.41) is 0. The van der Waals surface area contributed by atoms with Crippen molar-refractivity contribution < 1.29 is 9.13 Å². The summed E-state index contributed by atoms with van der Waals surface area (Å²) < 4.78 is 18.2. The van der Waals surface area contributed by atoms with Gasteiger partial charge in [-0.05, 0) is 107 Å². The van der Waals surface area contributed by atoms with Crippen LogP contribution in [0.3, 0.4) is 0 Å². The van der Waals surface area contributed by atoms with Crippen LogP contribution in [0, 0.1) is 29.6 Å².